The minimum absolute atomic E-state index is 0.768. The van der Waals surface area contributed by atoms with E-state index in [-0.39, 0.29) is 0 Å². The van der Waals surface area contributed by atoms with Gasteiger partial charge in [-0.05, 0) is 24.5 Å². The fraction of sp³-hybridized carbons (Fsp3) is 0.538. The van der Waals surface area contributed by atoms with Crippen LogP contribution in [0.4, 0.5) is 5.69 Å². The van der Waals surface area contributed by atoms with Gasteiger partial charge in [0.1, 0.15) is 5.75 Å². The summed E-state index contributed by atoms with van der Waals surface area (Å²) in [4.78, 5) is 0. The molecule has 2 aliphatic rings. The van der Waals surface area contributed by atoms with Crippen LogP contribution in [0.2, 0.25) is 0 Å². The van der Waals surface area contributed by atoms with Gasteiger partial charge in [0.15, 0.2) is 0 Å². The Bertz CT molecular complexity index is 376. The van der Waals surface area contributed by atoms with Crippen LogP contribution in [0.5, 0.6) is 5.75 Å². The van der Waals surface area contributed by atoms with Crippen LogP contribution >= 0.6 is 11.8 Å². The van der Waals surface area contributed by atoms with Gasteiger partial charge in [0.25, 0.3) is 0 Å². The molecule has 1 fully saturated rings. The number of anilines is 1. The number of fused-ring (bicyclic) bond motifs is 1. The summed E-state index contributed by atoms with van der Waals surface area (Å²) in [5.41, 5.74) is 2.65. The first kappa shape index (κ1) is 10.3. The van der Waals surface area contributed by atoms with Crippen molar-refractivity contribution in [2.75, 3.05) is 30.0 Å². The Labute approximate surface area is 101 Å². The molecule has 0 spiro atoms. The van der Waals surface area contributed by atoms with Crippen molar-refractivity contribution >= 4 is 17.4 Å². The lowest BCUT2D eigenvalue weighted by Crippen LogP contribution is -2.25. The number of ether oxygens (including phenoxy) is 1. The Hall–Kier alpha value is -0.830. The van der Waals surface area contributed by atoms with Crippen LogP contribution in [0.15, 0.2) is 18.2 Å². The molecule has 2 heterocycles. The summed E-state index contributed by atoms with van der Waals surface area (Å²) in [6.45, 7) is 1.96. The minimum Gasteiger partial charge on any atom is -0.491 e. The number of hydrogen-bond acceptors (Lipinski definition) is 3. The van der Waals surface area contributed by atoms with Crippen molar-refractivity contribution in [2.45, 2.75) is 12.8 Å². The average molecular weight is 235 g/mol. The zero-order chi connectivity index (χ0) is 10.8. The SMILES string of the molecule is c1cc2c(c(OCC3CSC3)c1)NCCC2. The van der Waals surface area contributed by atoms with Gasteiger partial charge >= 0.3 is 0 Å². The fourth-order valence-corrected chi connectivity index (χ4v) is 2.95. The number of thioether (sulfide) groups is 1. The predicted octanol–water partition coefficient (Wildman–Crippen LogP) is 2.79. The Morgan fingerprint density at radius 1 is 1.38 bits per heavy atom. The number of benzene rings is 1. The second-order valence-electron chi connectivity index (χ2n) is 4.54. The van der Waals surface area contributed by atoms with Crippen molar-refractivity contribution in [1.29, 1.82) is 0 Å². The van der Waals surface area contributed by atoms with E-state index < -0.39 is 0 Å². The predicted molar refractivity (Wildman–Crippen MR) is 69.6 cm³/mol. The van der Waals surface area contributed by atoms with Crippen molar-refractivity contribution in [1.82, 2.24) is 0 Å². The molecule has 0 atom stereocenters. The molecule has 0 radical (unpaired) electrons. The highest BCUT2D eigenvalue weighted by Gasteiger charge is 2.20. The lowest BCUT2D eigenvalue weighted by molar-refractivity contribution is 0.270. The van der Waals surface area contributed by atoms with E-state index >= 15 is 0 Å². The van der Waals surface area contributed by atoms with E-state index in [9.17, 15) is 0 Å². The van der Waals surface area contributed by atoms with Crippen LogP contribution in [0.1, 0.15) is 12.0 Å². The summed E-state index contributed by atoms with van der Waals surface area (Å²) in [6, 6.07) is 6.40. The van der Waals surface area contributed by atoms with Crippen molar-refractivity contribution in [2.24, 2.45) is 5.92 Å². The first-order chi connectivity index (χ1) is 7.93. The van der Waals surface area contributed by atoms with Crippen molar-refractivity contribution in [3.63, 3.8) is 0 Å². The van der Waals surface area contributed by atoms with Gasteiger partial charge in [0, 0.05) is 24.0 Å². The molecule has 1 N–H and O–H groups in total. The quantitative estimate of drug-likeness (QED) is 0.870. The second-order valence-corrected chi connectivity index (χ2v) is 5.61. The molecule has 3 rings (SSSR count). The van der Waals surface area contributed by atoms with Crippen LogP contribution in [-0.4, -0.2) is 24.7 Å². The zero-order valence-corrected chi connectivity index (χ0v) is 10.2. The van der Waals surface area contributed by atoms with Gasteiger partial charge in [-0.25, -0.2) is 0 Å². The highest BCUT2D eigenvalue weighted by atomic mass is 32.2. The van der Waals surface area contributed by atoms with Gasteiger partial charge in [-0.15, -0.1) is 0 Å². The normalized spacial score (nSPS) is 19.5. The number of rotatable bonds is 3. The van der Waals surface area contributed by atoms with Crippen molar-refractivity contribution in [3.8, 4) is 5.75 Å². The lowest BCUT2D eigenvalue weighted by Gasteiger charge is -2.26. The molecule has 0 unspecified atom stereocenters. The first-order valence-electron chi connectivity index (χ1n) is 6.00. The first-order valence-corrected chi connectivity index (χ1v) is 7.15. The minimum atomic E-state index is 0.768. The van der Waals surface area contributed by atoms with Crippen molar-refractivity contribution < 1.29 is 4.74 Å². The Morgan fingerprint density at radius 3 is 3.12 bits per heavy atom. The van der Waals surface area contributed by atoms with Crippen LogP contribution in [0, 0.1) is 5.92 Å². The highest BCUT2D eigenvalue weighted by molar-refractivity contribution is 8.00. The summed E-state index contributed by atoms with van der Waals surface area (Å²) in [5.74, 6) is 4.35. The van der Waals surface area contributed by atoms with Crippen molar-refractivity contribution in [3.05, 3.63) is 23.8 Å². The van der Waals surface area contributed by atoms with Gasteiger partial charge in [-0.1, -0.05) is 12.1 Å². The molecule has 3 heteroatoms. The van der Waals surface area contributed by atoms with E-state index in [1.54, 1.807) is 0 Å². The van der Waals surface area contributed by atoms with E-state index in [1.165, 1.54) is 35.6 Å². The summed E-state index contributed by atoms with van der Waals surface area (Å²) >= 11 is 2.01. The number of para-hydroxylation sites is 1. The van der Waals surface area contributed by atoms with Crippen LogP contribution in [0.3, 0.4) is 0 Å². The van der Waals surface area contributed by atoms with E-state index in [4.69, 9.17) is 4.74 Å². The Kier molecular flexibility index (Phi) is 2.96. The standard InChI is InChI=1S/C13H17NOS/c1-3-11-4-2-6-14-13(11)12(5-1)15-7-10-8-16-9-10/h1,3,5,10,14H,2,4,6-9H2. The van der Waals surface area contributed by atoms with Crippen LogP contribution in [0.25, 0.3) is 0 Å². The molecule has 0 aromatic heterocycles. The molecule has 0 aliphatic carbocycles. The van der Waals surface area contributed by atoms with Crippen LogP contribution < -0.4 is 10.1 Å². The molecule has 86 valence electrons. The number of aryl methyl sites for hydroxylation is 1. The van der Waals surface area contributed by atoms with Gasteiger partial charge in [-0.2, -0.15) is 11.8 Å². The molecule has 2 nitrogen and oxygen atoms in total. The van der Waals surface area contributed by atoms with E-state index in [0.717, 1.165) is 24.8 Å². The van der Waals surface area contributed by atoms with Gasteiger partial charge in [0.05, 0.1) is 12.3 Å². The molecular formula is C13H17NOS. The summed E-state index contributed by atoms with van der Waals surface area (Å²) in [5, 5.41) is 3.46. The summed E-state index contributed by atoms with van der Waals surface area (Å²) in [6.07, 6.45) is 2.41. The Morgan fingerprint density at radius 2 is 2.31 bits per heavy atom. The van der Waals surface area contributed by atoms with Crippen LogP contribution in [-0.2, 0) is 6.42 Å². The second kappa shape index (κ2) is 4.58. The topological polar surface area (TPSA) is 21.3 Å². The molecule has 1 aromatic carbocycles. The molecule has 0 amide bonds. The molecule has 1 aromatic rings. The molecule has 0 saturated carbocycles. The molecule has 2 aliphatic heterocycles. The largest absolute Gasteiger partial charge is 0.491 e. The zero-order valence-electron chi connectivity index (χ0n) is 9.37. The maximum atomic E-state index is 5.93. The maximum Gasteiger partial charge on any atom is 0.142 e. The average Bonchev–Trinajstić information content (AvgIpc) is 2.27. The third-order valence-electron chi connectivity index (χ3n) is 3.22. The molecule has 0 bridgehead atoms. The van der Waals surface area contributed by atoms with Gasteiger partial charge in [-0.3, -0.25) is 0 Å². The van der Waals surface area contributed by atoms with Gasteiger partial charge < -0.3 is 10.1 Å². The third-order valence-corrected chi connectivity index (χ3v) is 4.63. The fourth-order valence-electron chi connectivity index (χ4n) is 2.19. The molecule has 16 heavy (non-hydrogen) atoms. The lowest BCUT2D eigenvalue weighted by atomic mass is 10.0. The van der Waals surface area contributed by atoms with E-state index in [2.05, 4.69) is 23.5 Å². The highest BCUT2D eigenvalue weighted by Crippen LogP contribution is 2.33. The summed E-state index contributed by atoms with van der Waals surface area (Å²) < 4.78 is 5.93. The third kappa shape index (κ3) is 2.01. The molecular weight excluding hydrogens is 218 g/mol. The maximum absolute atomic E-state index is 5.93. The monoisotopic (exact) mass is 235 g/mol. The van der Waals surface area contributed by atoms with E-state index in [0.29, 0.717) is 0 Å². The van der Waals surface area contributed by atoms with E-state index in [1.807, 2.05) is 11.8 Å². The smallest absolute Gasteiger partial charge is 0.142 e. The Balaban J connectivity index is 1.72. The summed E-state index contributed by atoms with van der Waals surface area (Å²) in [7, 11) is 0. The van der Waals surface area contributed by atoms with Gasteiger partial charge in [0.2, 0.25) is 0 Å². The molecule has 1 saturated heterocycles. The number of hydrogen-bond donors (Lipinski definition) is 1. The number of nitrogens with one attached hydrogen (secondary N) is 1.